The van der Waals surface area contributed by atoms with Gasteiger partial charge in [0.05, 0.1) is 17.8 Å². The minimum absolute atomic E-state index is 0.0103. The van der Waals surface area contributed by atoms with Gasteiger partial charge in [-0.3, -0.25) is 0 Å². The third-order valence-electron chi connectivity index (χ3n) is 12.3. The molecule has 2 aliphatic heterocycles. The number of rotatable bonds is 4. The van der Waals surface area contributed by atoms with Crippen LogP contribution in [-0.2, 0) is 23.7 Å². The molecule has 214 valence electrons. The van der Waals surface area contributed by atoms with Crippen LogP contribution in [0.25, 0.3) is 0 Å². The third-order valence-corrected chi connectivity index (χ3v) is 12.3. The Morgan fingerprint density at radius 3 is 2.50 bits per heavy atom. The molecule has 6 aliphatic rings. The van der Waals surface area contributed by atoms with Crippen molar-refractivity contribution in [1.29, 1.82) is 0 Å². The topological polar surface area (TPSA) is 115 Å². The summed E-state index contributed by atoms with van der Waals surface area (Å²) in [6, 6.07) is 0. The predicted molar refractivity (Wildman–Crippen MR) is 138 cm³/mol. The Balaban J connectivity index is 1.16. The predicted octanol–water partition coefficient (Wildman–Crippen LogP) is 3.11. The zero-order valence-electron chi connectivity index (χ0n) is 23.3. The second-order valence-corrected chi connectivity index (χ2v) is 13.7. The lowest BCUT2D eigenvalue weighted by atomic mass is 9.43. The van der Waals surface area contributed by atoms with Crippen molar-refractivity contribution >= 4 is 5.97 Å². The first kappa shape index (κ1) is 27.2. The molecule has 3 unspecified atom stereocenters. The molecule has 0 radical (unpaired) electrons. The standard InChI is InChI=1S/C30H46O8/c1-16-24(32)26(35-4)25(33)27(37-16)38-19-7-10-28(2)18(14-19)5-6-22-21(28)8-11-29(3)20(9-12-30(22,29)34)17-13-23(31)36-15-17/h13,16,18-22,24-27,32-34H,5-12,14-15H2,1-4H3/t16?,18-,19+,20-,21+,22-,24+,25?,26?,27+,28+,29-,30+/m1/s1. The Morgan fingerprint density at radius 1 is 1.00 bits per heavy atom. The van der Waals surface area contributed by atoms with Gasteiger partial charge in [-0.2, -0.15) is 0 Å². The molecule has 0 aromatic heterocycles. The maximum atomic E-state index is 12.4. The molecule has 6 rings (SSSR count). The molecule has 0 amide bonds. The average molecular weight is 535 g/mol. The van der Waals surface area contributed by atoms with E-state index in [0.717, 1.165) is 63.4 Å². The van der Waals surface area contributed by atoms with Crippen LogP contribution in [0.3, 0.4) is 0 Å². The molecule has 13 atom stereocenters. The van der Waals surface area contributed by atoms with E-state index in [2.05, 4.69) is 13.8 Å². The van der Waals surface area contributed by atoms with Crippen molar-refractivity contribution in [1.82, 2.24) is 0 Å². The van der Waals surface area contributed by atoms with Gasteiger partial charge in [-0.1, -0.05) is 13.8 Å². The third kappa shape index (κ3) is 3.88. The summed E-state index contributed by atoms with van der Waals surface area (Å²) in [6.07, 6.45) is 6.45. The molecule has 38 heavy (non-hydrogen) atoms. The van der Waals surface area contributed by atoms with Gasteiger partial charge in [-0.15, -0.1) is 0 Å². The summed E-state index contributed by atoms with van der Waals surface area (Å²) in [6.45, 7) is 6.87. The van der Waals surface area contributed by atoms with Gasteiger partial charge in [0, 0.05) is 18.6 Å². The van der Waals surface area contributed by atoms with E-state index >= 15 is 0 Å². The number of cyclic esters (lactones) is 1. The SMILES string of the molecule is COC1C(O)[C@H](O[C@H]2CC[C@@]3(C)[C@H](CC[C@@H]4[C@@H]3CC[C@]3(C)[C@@H](C5=CC(=O)OC5)CC[C@]43O)C2)OC(C)[C@@H]1O. The minimum atomic E-state index is -1.04. The summed E-state index contributed by atoms with van der Waals surface area (Å²) < 4.78 is 22.8. The van der Waals surface area contributed by atoms with Gasteiger partial charge >= 0.3 is 5.97 Å². The van der Waals surface area contributed by atoms with E-state index in [1.54, 1.807) is 13.0 Å². The number of hydrogen-bond acceptors (Lipinski definition) is 8. The first-order valence-corrected chi connectivity index (χ1v) is 14.8. The number of aliphatic hydroxyl groups is 3. The lowest BCUT2D eigenvalue weighted by Crippen LogP contribution is -2.62. The number of esters is 1. The van der Waals surface area contributed by atoms with Crippen molar-refractivity contribution in [2.75, 3.05) is 13.7 Å². The molecular weight excluding hydrogens is 488 g/mol. The number of methoxy groups -OCH3 is 1. The van der Waals surface area contributed by atoms with E-state index in [0.29, 0.717) is 18.4 Å². The molecule has 5 fully saturated rings. The smallest absolute Gasteiger partial charge is 0.331 e. The molecule has 8 nitrogen and oxygen atoms in total. The Labute approximate surface area is 226 Å². The summed E-state index contributed by atoms with van der Waals surface area (Å²) in [5.74, 6) is 1.22. The lowest BCUT2D eigenvalue weighted by molar-refractivity contribution is -0.313. The molecule has 4 aliphatic carbocycles. The Kier molecular flexibility index (Phi) is 6.80. The molecule has 0 bridgehead atoms. The number of aliphatic hydroxyl groups excluding tert-OH is 2. The molecule has 3 N–H and O–H groups in total. The van der Waals surface area contributed by atoms with Crippen LogP contribution >= 0.6 is 0 Å². The minimum Gasteiger partial charge on any atom is -0.458 e. The largest absolute Gasteiger partial charge is 0.458 e. The van der Waals surface area contributed by atoms with Crippen LogP contribution in [0.1, 0.15) is 78.6 Å². The molecule has 4 saturated carbocycles. The second-order valence-electron chi connectivity index (χ2n) is 13.7. The number of ether oxygens (including phenoxy) is 4. The highest BCUT2D eigenvalue weighted by Gasteiger charge is 2.67. The number of carbonyl (C=O) groups is 1. The van der Waals surface area contributed by atoms with Gasteiger partial charge in [-0.05, 0) is 99.4 Å². The zero-order chi connectivity index (χ0) is 27.0. The molecule has 0 spiro atoms. The van der Waals surface area contributed by atoms with Crippen LogP contribution in [0.5, 0.6) is 0 Å². The number of fused-ring (bicyclic) bond motifs is 5. The molecule has 1 saturated heterocycles. The normalized spacial score (nSPS) is 54.5. The van der Waals surface area contributed by atoms with E-state index in [1.807, 2.05) is 0 Å². The Hall–Kier alpha value is -1.03. The first-order valence-electron chi connectivity index (χ1n) is 14.8. The van der Waals surface area contributed by atoms with Gasteiger partial charge in [0.2, 0.25) is 0 Å². The highest BCUT2D eigenvalue weighted by Crippen LogP contribution is 2.70. The van der Waals surface area contributed by atoms with Crippen LogP contribution in [0, 0.1) is 34.5 Å². The van der Waals surface area contributed by atoms with E-state index < -0.39 is 36.3 Å². The highest BCUT2D eigenvalue weighted by atomic mass is 16.7. The first-order chi connectivity index (χ1) is 18.0. The summed E-state index contributed by atoms with van der Waals surface area (Å²) >= 11 is 0. The van der Waals surface area contributed by atoms with E-state index in [4.69, 9.17) is 18.9 Å². The van der Waals surface area contributed by atoms with Gasteiger partial charge in [-0.25, -0.2) is 4.79 Å². The van der Waals surface area contributed by atoms with Crippen LogP contribution in [-0.4, -0.2) is 77.4 Å². The van der Waals surface area contributed by atoms with E-state index in [-0.39, 0.29) is 34.7 Å². The summed E-state index contributed by atoms with van der Waals surface area (Å²) in [4.78, 5) is 11.8. The van der Waals surface area contributed by atoms with Gasteiger partial charge in [0.15, 0.2) is 6.29 Å². The molecule has 2 heterocycles. The summed E-state index contributed by atoms with van der Waals surface area (Å²) in [5.41, 5.74) is 0.300. The van der Waals surface area contributed by atoms with Crippen molar-refractivity contribution in [3.05, 3.63) is 11.6 Å². The van der Waals surface area contributed by atoms with Crippen LogP contribution in [0.4, 0.5) is 0 Å². The highest BCUT2D eigenvalue weighted by molar-refractivity contribution is 5.85. The number of hydrogen-bond donors (Lipinski definition) is 3. The molecular formula is C30H46O8. The van der Waals surface area contributed by atoms with Crippen molar-refractivity contribution in [3.63, 3.8) is 0 Å². The molecule has 0 aromatic carbocycles. The maximum absolute atomic E-state index is 12.4. The fourth-order valence-corrected chi connectivity index (χ4v) is 10.1. The van der Waals surface area contributed by atoms with Crippen molar-refractivity contribution in [2.45, 2.75) is 121 Å². The van der Waals surface area contributed by atoms with Crippen molar-refractivity contribution in [3.8, 4) is 0 Å². The quantitative estimate of drug-likeness (QED) is 0.372. The number of carbonyl (C=O) groups excluding carboxylic acids is 1. The molecule has 0 aromatic rings. The fraction of sp³-hybridized carbons (Fsp3) is 0.900. The van der Waals surface area contributed by atoms with Gasteiger partial charge in [0.25, 0.3) is 0 Å². The summed E-state index contributed by atoms with van der Waals surface area (Å²) in [7, 11) is 1.49. The lowest BCUT2D eigenvalue weighted by Gasteiger charge is -2.64. The van der Waals surface area contributed by atoms with Crippen LogP contribution in [0.15, 0.2) is 11.6 Å². The summed E-state index contributed by atoms with van der Waals surface area (Å²) in [5, 5.41) is 33.5. The zero-order valence-corrected chi connectivity index (χ0v) is 23.3. The Bertz CT molecular complexity index is 968. The Morgan fingerprint density at radius 2 is 1.79 bits per heavy atom. The van der Waals surface area contributed by atoms with E-state index in [1.165, 1.54) is 7.11 Å². The van der Waals surface area contributed by atoms with Crippen molar-refractivity contribution < 1.29 is 39.1 Å². The van der Waals surface area contributed by atoms with Gasteiger partial charge in [0.1, 0.15) is 24.9 Å². The van der Waals surface area contributed by atoms with Crippen LogP contribution in [0.2, 0.25) is 0 Å². The van der Waals surface area contributed by atoms with Gasteiger partial charge < -0.3 is 34.3 Å². The van der Waals surface area contributed by atoms with E-state index in [9.17, 15) is 20.1 Å². The monoisotopic (exact) mass is 534 g/mol. The average Bonchev–Trinajstić information content (AvgIpc) is 3.43. The second kappa shape index (κ2) is 9.52. The van der Waals surface area contributed by atoms with Crippen LogP contribution < -0.4 is 0 Å². The van der Waals surface area contributed by atoms with Crippen molar-refractivity contribution in [2.24, 2.45) is 34.5 Å². The maximum Gasteiger partial charge on any atom is 0.331 e. The molecule has 8 heteroatoms. The fourth-order valence-electron chi connectivity index (χ4n) is 10.1.